The van der Waals surface area contributed by atoms with Gasteiger partial charge in [0.25, 0.3) is 5.91 Å². The van der Waals surface area contributed by atoms with E-state index in [4.69, 9.17) is 0 Å². The van der Waals surface area contributed by atoms with Crippen LogP contribution in [0.3, 0.4) is 0 Å². The Morgan fingerprint density at radius 1 is 1.03 bits per heavy atom. The van der Waals surface area contributed by atoms with Gasteiger partial charge in [0.15, 0.2) is 0 Å². The number of nitrogens with zero attached hydrogens (tertiary/aromatic N) is 3. The number of aromatic nitrogens is 3. The number of anilines is 2. The number of aryl methyl sites for hydroxylation is 1. The molecule has 154 valence electrons. The zero-order valence-corrected chi connectivity index (χ0v) is 17.0. The molecule has 0 aliphatic heterocycles. The van der Waals surface area contributed by atoms with E-state index in [1.807, 2.05) is 25.2 Å². The number of nitrogens with one attached hydrogen (secondary N) is 2. The Morgan fingerprint density at radius 2 is 1.87 bits per heavy atom. The van der Waals surface area contributed by atoms with Gasteiger partial charge in [-0.25, -0.2) is 4.98 Å². The highest BCUT2D eigenvalue weighted by Crippen LogP contribution is 2.32. The van der Waals surface area contributed by atoms with Crippen molar-refractivity contribution in [2.45, 2.75) is 12.8 Å². The zero-order valence-electron chi connectivity index (χ0n) is 17.0. The number of hydrogen-bond acceptors (Lipinski definition) is 4. The summed E-state index contributed by atoms with van der Waals surface area (Å²) in [6.07, 6.45) is 6.68. The molecule has 0 radical (unpaired) electrons. The molecule has 7 nitrogen and oxygen atoms in total. The van der Waals surface area contributed by atoms with Crippen molar-refractivity contribution in [3.63, 3.8) is 0 Å². The lowest BCUT2D eigenvalue weighted by Gasteiger charge is -2.12. The number of amides is 2. The normalized spacial score (nSPS) is 13.2. The molecule has 0 unspecified atom stereocenters. The topological polar surface area (TPSA) is 88.9 Å². The van der Waals surface area contributed by atoms with Crippen molar-refractivity contribution in [1.82, 2.24) is 14.5 Å². The summed E-state index contributed by atoms with van der Waals surface area (Å²) in [6.45, 7) is 0. The van der Waals surface area contributed by atoms with Crippen molar-refractivity contribution in [1.29, 1.82) is 0 Å². The van der Waals surface area contributed by atoms with Crippen LogP contribution in [0.5, 0.6) is 0 Å². The summed E-state index contributed by atoms with van der Waals surface area (Å²) in [7, 11) is 2.00. The van der Waals surface area contributed by atoms with Crippen LogP contribution in [-0.4, -0.2) is 26.3 Å². The van der Waals surface area contributed by atoms with E-state index in [1.54, 1.807) is 24.5 Å². The Labute approximate surface area is 179 Å². The minimum Gasteiger partial charge on any atom is -0.344 e. The van der Waals surface area contributed by atoms with E-state index in [-0.39, 0.29) is 17.7 Å². The third-order valence-electron chi connectivity index (χ3n) is 5.52. The Bertz CT molecular complexity index is 1310. The van der Waals surface area contributed by atoms with Gasteiger partial charge >= 0.3 is 0 Å². The molecule has 0 spiro atoms. The van der Waals surface area contributed by atoms with Gasteiger partial charge in [-0.05, 0) is 43.2 Å². The second-order valence-electron chi connectivity index (χ2n) is 7.72. The van der Waals surface area contributed by atoms with Gasteiger partial charge in [-0.15, -0.1) is 0 Å². The largest absolute Gasteiger partial charge is 0.344 e. The van der Waals surface area contributed by atoms with Crippen molar-refractivity contribution >= 4 is 34.2 Å². The Morgan fingerprint density at radius 3 is 2.68 bits per heavy atom. The number of benzene rings is 1. The van der Waals surface area contributed by atoms with Crippen molar-refractivity contribution < 1.29 is 9.59 Å². The molecule has 1 aromatic carbocycles. The number of hydrogen-bond donors (Lipinski definition) is 2. The highest BCUT2D eigenvalue weighted by Gasteiger charge is 2.29. The Hall–Kier alpha value is -4.00. The minimum absolute atomic E-state index is 0.0459. The highest BCUT2D eigenvalue weighted by molar-refractivity contribution is 6.07. The molecule has 0 atom stereocenters. The van der Waals surface area contributed by atoms with E-state index in [0.29, 0.717) is 17.1 Å². The molecule has 2 N–H and O–H groups in total. The average molecular weight is 411 g/mol. The average Bonchev–Trinajstić information content (AvgIpc) is 3.59. The van der Waals surface area contributed by atoms with Gasteiger partial charge in [0.2, 0.25) is 5.91 Å². The summed E-state index contributed by atoms with van der Waals surface area (Å²) < 4.78 is 2.10. The number of carbonyl (C=O) groups excluding carboxylic acids is 2. The van der Waals surface area contributed by atoms with Crippen LogP contribution in [0, 0.1) is 5.92 Å². The Kier molecular flexibility index (Phi) is 4.71. The van der Waals surface area contributed by atoms with Crippen LogP contribution in [0.4, 0.5) is 11.5 Å². The van der Waals surface area contributed by atoms with Crippen LogP contribution < -0.4 is 10.6 Å². The van der Waals surface area contributed by atoms with Gasteiger partial charge in [0, 0.05) is 47.4 Å². The van der Waals surface area contributed by atoms with Crippen LogP contribution in [0.15, 0.2) is 67.1 Å². The second-order valence-corrected chi connectivity index (χ2v) is 7.72. The van der Waals surface area contributed by atoms with Gasteiger partial charge in [0.1, 0.15) is 5.82 Å². The first-order valence-electron chi connectivity index (χ1n) is 10.2. The van der Waals surface area contributed by atoms with E-state index in [0.717, 1.165) is 35.0 Å². The monoisotopic (exact) mass is 411 g/mol. The fourth-order valence-electron chi connectivity index (χ4n) is 3.67. The van der Waals surface area contributed by atoms with E-state index in [2.05, 4.69) is 43.4 Å². The van der Waals surface area contributed by atoms with Crippen LogP contribution in [-0.2, 0) is 11.8 Å². The van der Waals surface area contributed by atoms with Crippen molar-refractivity contribution in [2.75, 3.05) is 10.6 Å². The summed E-state index contributed by atoms with van der Waals surface area (Å²) in [6, 6.07) is 15.3. The summed E-state index contributed by atoms with van der Waals surface area (Å²) >= 11 is 0. The summed E-state index contributed by atoms with van der Waals surface area (Å²) in [5.74, 6) is 0.107. The van der Waals surface area contributed by atoms with Crippen LogP contribution >= 0.6 is 0 Å². The smallest absolute Gasteiger partial charge is 0.255 e. The van der Waals surface area contributed by atoms with Gasteiger partial charge in [-0.3, -0.25) is 14.6 Å². The van der Waals surface area contributed by atoms with Crippen molar-refractivity contribution in [3.8, 4) is 11.3 Å². The molecule has 7 heteroatoms. The molecule has 1 aliphatic rings. The SMILES string of the molecule is Cn1c(-c2ccncc2NC(=O)c2ccnc(NC(=O)C3CC3)c2)cc2ccccc21. The number of para-hydroxylation sites is 1. The first-order chi connectivity index (χ1) is 15.1. The fraction of sp³-hybridized carbons (Fsp3) is 0.167. The summed E-state index contributed by atoms with van der Waals surface area (Å²) in [5, 5.41) is 6.86. The molecule has 4 aromatic rings. The lowest BCUT2D eigenvalue weighted by molar-refractivity contribution is -0.117. The zero-order chi connectivity index (χ0) is 21.4. The maximum absolute atomic E-state index is 13.0. The fourth-order valence-corrected chi connectivity index (χ4v) is 3.67. The van der Waals surface area contributed by atoms with E-state index in [9.17, 15) is 9.59 Å². The highest BCUT2D eigenvalue weighted by atomic mass is 16.2. The second kappa shape index (κ2) is 7.68. The van der Waals surface area contributed by atoms with Crippen LogP contribution in [0.25, 0.3) is 22.2 Å². The molecule has 31 heavy (non-hydrogen) atoms. The van der Waals surface area contributed by atoms with Gasteiger partial charge in [-0.2, -0.15) is 0 Å². The molecular weight excluding hydrogens is 390 g/mol. The first kappa shape index (κ1) is 19.0. The number of fused-ring (bicyclic) bond motifs is 1. The quantitative estimate of drug-likeness (QED) is 0.514. The molecule has 3 aromatic heterocycles. The number of rotatable bonds is 5. The van der Waals surface area contributed by atoms with Gasteiger partial charge < -0.3 is 15.2 Å². The van der Waals surface area contributed by atoms with E-state index < -0.39 is 0 Å². The maximum atomic E-state index is 13.0. The van der Waals surface area contributed by atoms with Crippen molar-refractivity contribution in [3.05, 3.63) is 72.7 Å². The lowest BCUT2D eigenvalue weighted by Crippen LogP contribution is -2.17. The predicted molar refractivity (Wildman–Crippen MR) is 120 cm³/mol. The molecule has 0 bridgehead atoms. The standard InChI is InChI=1S/C24H21N5O2/c1-29-20-5-3-2-4-16(20)12-21(29)18-9-10-25-14-19(18)27-24(31)17-8-11-26-22(13-17)28-23(30)15-6-7-15/h2-5,8-15H,6-7H2,1H3,(H,27,31)(H,26,28,30). The molecule has 1 aliphatic carbocycles. The maximum Gasteiger partial charge on any atom is 0.255 e. The molecule has 3 heterocycles. The molecule has 2 amide bonds. The van der Waals surface area contributed by atoms with E-state index >= 15 is 0 Å². The first-order valence-corrected chi connectivity index (χ1v) is 10.2. The lowest BCUT2D eigenvalue weighted by atomic mass is 10.1. The van der Waals surface area contributed by atoms with Gasteiger partial charge in [0.05, 0.1) is 17.6 Å². The molecule has 1 saturated carbocycles. The molecule has 1 fully saturated rings. The Balaban J connectivity index is 1.42. The summed E-state index contributed by atoms with van der Waals surface area (Å²) in [5.41, 5.74) is 3.98. The summed E-state index contributed by atoms with van der Waals surface area (Å²) in [4.78, 5) is 33.3. The van der Waals surface area contributed by atoms with Gasteiger partial charge in [-0.1, -0.05) is 18.2 Å². The van der Waals surface area contributed by atoms with Crippen LogP contribution in [0.1, 0.15) is 23.2 Å². The predicted octanol–water partition coefficient (Wildman–Crippen LogP) is 4.24. The number of pyridine rings is 2. The molecule has 0 saturated heterocycles. The van der Waals surface area contributed by atoms with Crippen molar-refractivity contribution in [2.24, 2.45) is 13.0 Å². The third kappa shape index (κ3) is 3.77. The third-order valence-corrected chi connectivity index (χ3v) is 5.52. The van der Waals surface area contributed by atoms with E-state index in [1.165, 1.54) is 6.20 Å². The molecule has 5 rings (SSSR count). The minimum atomic E-state index is -0.294. The van der Waals surface area contributed by atoms with Crippen LogP contribution in [0.2, 0.25) is 0 Å². The number of carbonyl (C=O) groups is 2. The molecular formula is C24H21N5O2.